The number of carbonyl (C=O) groups is 1. The van der Waals surface area contributed by atoms with Gasteiger partial charge in [0, 0.05) is 6.07 Å². The molecular weight excluding hydrogens is 368 g/mol. The van der Waals surface area contributed by atoms with Crippen molar-refractivity contribution in [1.82, 2.24) is 0 Å². The molecule has 1 heterocycles. The molecule has 3 aromatic carbocycles. The van der Waals surface area contributed by atoms with E-state index < -0.39 is 6.10 Å². The van der Waals surface area contributed by atoms with Crippen LogP contribution in [-0.4, -0.2) is 26.1 Å². The van der Waals surface area contributed by atoms with Crippen LogP contribution in [0, 0.1) is 0 Å². The predicted octanol–water partition coefficient (Wildman–Crippen LogP) is 4.61. The van der Waals surface area contributed by atoms with Crippen LogP contribution in [0.3, 0.4) is 0 Å². The van der Waals surface area contributed by atoms with Gasteiger partial charge in [0.15, 0.2) is 11.9 Å². The van der Waals surface area contributed by atoms with E-state index in [0.29, 0.717) is 29.4 Å². The van der Waals surface area contributed by atoms with Gasteiger partial charge in [0.25, 0.3) is 0 Å². The molecule has 0 aliphatic carbocycles. The van der Waals surface area contributed by atoms with Crippen LogP contribution in [0.2, 0.25) is 0 Å². The van der Waals surface area contributed by atoms with Gasteiger partial charge in [0.05, 0.1) is 19.8 Å². The zero-order valence-electron chi connectivity index (χ0n) is 16.3. The third-order valence-corrected chi connectivity index (χ3v) is 4.84. The highest BCUT2D eigenvalue weighted by molar-refractivity contribution is 6.03. The fraction of sp³-hybridized carbons (Fsp3) is 0.208. The Labute approximate surface area is 169 Å². The van der Waals surface area contributed by atoms with Crippen molar-refractivity contribution in [2.75, 3.05) is 14.2 Å². The number of hydrogen-bond donors (Lipinski definition) is 0. The van der Waals surface area contributed by atoms with Crippen LogP contribution in [0.15, 0.2) is 72.8 Å². The largest absolute Gasteiger partial charge is 0.497 e. The second-order valence-electron chi connectivity index (χ2n) is 6.76. The molecule has 4 rings (SSSR count). The van der Waals surface area contributed by atoms with Gasteiger partial charge in [-0.2, -0.15) is 0 Å². The normalized spacial score (nSPS) is 17.4. The fourth-order valence-corrected chi connectivity index (χ4v) is 3.24. The zero-order valence-corrected chi connectivity index (χ0v) is 16.3. The van der Waals surface area contributed by atoms with Gasteiger partial charge in [-0.25, -0.2) is 0 Å². The predicted molar refractivity (Wildman–Crippen MR) is 109 cm³/mol. The van der Waals surface area contributed by atoms with Gasteiger partial charge in [-0.05, 0) is 35.4 Å². The molecule has 148 valence electrons. The van der Waals surface area contributed by atoms with Gasteiger partial charge >= 0.3 is 0 Å². The summed E-state index contributed by atoms with van der Waals surface area (Å²) in [6, 6.07) is 22.6. The third kappa shape index (κ3) is 4.25. The number of benzene rings is 3. The standard InChI is InChI=1S/C24H22O5/c1-26-18-12-17(13-19(14-18)27-2)23-24(29-23)22(25)20-10-6-7-11-21(20)28-15-16-8-4-3-5-9-16/h3-14,23-24H,15H2,1-2H3/t23-,24-/m1/s1. The van der Waals surface area contributed by atoms with Crippen molar-refractivity contribution in [3.8, 4) is 17.2 Å². The molecule has 5 nitrogen and oxygen atoms in total. The highest BCUT2D eigenvalue weighted by Gasteiger charge is 2.47. The number of carbonyl (C=O) groups excluding carboxylic acids is 1. The molecular formula is C24H22O5. The molecule has 1 fully saturated rings. The fourth-order valence-electron chi connectivity index (χ4n) is 3.24. The van der Waals surface area contributed by atoms with Crippen molar-refractivity contribution in [2.45, 2.75) is 18.8 Å². The first kappa shape index (κ1) is 19.0. The number of ether oxygens (including phenoxy) is 4. The minimum Gasteiger partial charge on any atom is -0.497 e. The summed E-state index contributed by atoms with van der Waals surface area (Å²) in [5, 5.41) is 0. The van der Waals surface area contributed by atoms with Crippen LogP contribution in [0.25, 0.3) is 0 Å². The quantitative estimate of drug-likeness (QED) is 0.415. The third-order valence-electron chi connectivity index (χ3n) is 4.84. The summed E-state index contributed by atoms with van der Waals surface area (Å²) in [6.07, 6.45) is -0.873. The van der Waals surface area contributed by atoms with Gasteiger partial charge < -0.3 is 18.9 Å². The van der Waals surface area contributed by atoms with Crippen LogP contribution in [0.4, 0.5) is 0 Å². The highest BCUT2D eigenvalue weighted by atomic mass is 16.6. The van der Waals surface area contributed by atoms with E-state index in [4.69, 9.17) is 18.9 Å². The van der Waals surface area contributed by atoms with E-state index >= 15 is 0 Å². The maximum atomic E-state index is 13.1. The van der Waals surface area contributed by atoms with Crippen LogP contribution in [0.1, 0.15) is 27.6 Å². The summed E-state index contributed by atoms with van der Waals surface area (Å²) in [7, 11) is 3.19. The van der Waals surface area contributed by atoms with Crippen molar-refractivity contribution in [1.29, 1.82) is 0 Å². The lowest BCUT2D eigenvalue weighted by atomic mass is 10.0. The van der Waals surface area contributed by atoms with Crippen molar-refractivity contribution in [3.05, 3.63) is 89.5 Å². The van der Waals surface area contributed by atoms with Crippen LogP contribution >= 0.6 is 0 Å². The smallest absolute Gasteiger partial charge is 0.198 e. The van der Waals surface area contributed by atoms with E-state index in [9.17, 15) is 4.79 Å². The van der Waals surface area contributed by atoms with Gasteiger partial charge in [-0.3, -0.25) is 4.79 Å². The molecule has 0 aromatic heterocycles. The first-order valence-electron chi connectivity index (χ1n) is 9.38. The minimum atomic E-state index is -0.548. The Morgan fingerprint density at radius 3 is 2.24 bits per heavy atom. The molecule has 5 heteroatoms. The molecule has 1 aliphatic heterocycles. The maximum Gasteiger partial charge on any atom is 0.198 e. The van der Waals surface area contributed by atoms with Crippen LogP contribution in [-0.2, 0) is 11.3 Å². The molecule has 1 aliphatic rings. The molecule has 0 radical (unpaired) electrons. The Morgan fingerprint density at radius 2 is 1.55 bits per heavy atom. The summed E-state index contributed by atoms with van der Waals surface area (Å²) in [6.45, 7) is 0.396. The van der Waals surface area contributed by atoms with E-state index in [1.165, 1.54) is 0 Å². The van der Waals surface area contributed by atoms with E-state index in [2.05, 4.69) is 0 Å². The molecule has 1 saturated heterocycles. The Hall–Kier alpha value is -3.31. The number of para-hydroxylation sites is 1. The van der Waals surface area contributed by atoms with Gasteiger partial charge in [-0.15, -0.1) is 0 Å². The van der Waals surface area contributed by atoms with Crippen molar-refractivity contribution in [2.24, 2.45) is 0 Å². The number of Topliss-reactive ketones (excluding diaryl/α,β-unsaturated/α-hetero) is 1. The highest BCUT2D eigenvalue weighted by Crippen LogP contribution is 2.44. The number of rotatable bonds is 8. The number of epoxide rings is 1. The maximum absolute atomic E-state index is 13.1. The summed E-state index contributed by atoms with van der Waals surface area (Å²) < 4.78 is 22.3. The zero-order chi connectivity index (χ0) is 20.2. The molecule has 2 atom stereocenters. The molecule has 0 spiro atoms. The Bertz CT molecular complexity index is 977. The second-order valence-corrected chi connectivity index (χ2v) is 6.76. The molecule has 3 aromatic rings. The van der Waals surface area contributed by atoms with Gasteiger partial charge in [-0.1, -0.05) is 42.5 Å². The summed E-state index contributed by atoms with van der Waals surface area (Å²) in [5.41, 5.74) is 2.41. The molecule has 0 N–H and O–H groups in total. The lowest BCUT2D eigenvalue weighted by Crippen LogP contribution is -2.11. The van der Waals surface area contributed by atoms with Crippen molar-refractivity contribution in [3.63, 3.8) is 0 Å². The molecule has 0 bridgehead atoms. The second kappa shape index (κ2) is 8.37. The monoisotopic (exact) mass is 390 g/mol. The Morgan fingerprint density at radius 1 is 0.897 bits per heavy atom. The number of hydrogen-bond acceptors (Lipinski definition) is 5. The lowest BCUT2D eigenvalue weighted by Gasteiger charge is -2.10. The lowest BCUT2D eigenvalue weighted by molar-refractivity contribution is 0.0949. The average molecular weight is 390 g/mol. The first-order valence-corrected chi connectivity index (χ1v) is 9.38. The summed E-state index contributed by atoms with van der Waals surface area (Å²) >= 11 is 0. The Balaban J connectivity index is 1.50. The summed E-state index contributed by atoms with van der Waals surface area (Å²) in [5.74, 6) is 1.78. The van der Waals surface area contributed by atoms with Crippen molar-refractivity contribution < 1.29 is 23.7 Å². The van der Waals surface area contributed by atoms with Crippen LogP contribution < -0.4 is 14.2 Å². The Kier molecular flexibility index (Phi) is 5.49. The van der Waals surface area contributed by atoms with E-state index in [1.54, 1.807) is 26.4 Å². The molecule has 0 amide bonds. The number of methoxy groups -OCH3 is 2. The van der Waals surface area contributed by atoms with E-state index in [1.807, 2.05) is 60.7 Å². The SMILES string of the molecule is COc1cc(OC)cc([C@H]2O[C@@H]2C(=O)c2ccccc2OCc2ccccc2)c1. The number of ketones is 1. The minimum absolute atomic E-state index is 0.0968. The summed E-state index contributed by atoms with van der Waals surface area (Å²) in [4.78, 5) is 13.1. The van der Waals surface area contributed by atoms with Crippen LogP contribution in [0.5, 0.6) is 17.2 Å². The van der Waals surface area contributed by atoms with Gasteiger partial charge in [0.1, 0.15) is 30.0 Å². The van der Waals surface area contributed by atoms with Crippen molar-refractivity contribution >= 4 is 5.78 Å². The molecule has 29 heavy (non-hydrogen) atoms. The van der Waals surface area contributed by atoms with E-state index in [-0.39, 0.29) is 11.9 Å². The average Bonchev–Trinajstić information content (AvgIpc) is 3.59. The topological polar surface area (TPSA) is 57.3 Å². The van der Waals surface area contributed by atoms with E-state index in [0.717, 1.165) is 11.1 Å². The van der Waals surface area contributed by atoms with Gasteiger partial charge in [0.2, 0.25) is 0 Å². The molecule has 0 saturated carbocycles. The first-order chi connectivity index (χ1) is 14.2. The molecule has 0 unspecified atom stereocenters.